The summed E-state index contributed by atoms with van der Waals surface area (Å²) in [6.07, 6.45) is 3.87. The van der Waals surface area contributed by atoms with E-state index in [1.165, 1.54) is 19.3 Å². The van der Waals surface area contributed by atoms with E-state index in [0.717, 1.165) is 28.3 Å². The molecule has 0 amide bonds. The van der Waals surface area contributed by atoms with E-state index in [2.05, 4.69) is 26.6 Å². The molecule has 0 spiro atoms. The van der Waals surface area contributed by atoms with E-state index < -0.39 is 0 Å². The van der Waals surface area contributed by atoms with Crippen LogP contribution in [-0.4, -0.2) is 19.1 Å². The zero-order valence-corrected chi connectivity index (χ0v) is 11.4. The molecule has 0 saturated carbocycles. The van der Waals surface area contributed by atoms with E-state index in [4.69, 9.17) is 11.6 Å². The van der Waals surface area contributed by atoms with Crippen molar-refractivity contribution in [1.29, 1.82) is 0 Å². The van der Waals surface area contributed by atoms with Crippen LogP contribution in [-0.2, 0) is 0 Å². The molecule has 0 bridgehead atoms. The second kappa shape index (κ2) is 5.89. The third kappa shape index (κ3) is 3.37. The van der Waals surface area contributed by atoms with E-state index in [9.17, 15) is 0 Å². The van der Waals surface area contributed by atoms with Gasteiger partial charge in [0.25, 0.3) is 0 Å². The standard InChI is InChI=1S/C12H16BrClN2/c13-9-4-5-11(14)12(7-9)16-8-10-3-1-2-6-15-10/h4-5,7,10,15-16H,1-3,6,8H2. The maximum Gasteiger partial charge on any atom is 0.0638 e. The second-order valence-electron chi connectivity index (χ2n) is 4.15. The highest BCUT2D eigenvalue weighted by Gasteiger charge is 2.12. The summed E-state index contributed by atoms with van der Waals surface area (Å²) in [5.41, 5.74) is 1.00. The van der Waals surface area contributed by atoms with Gasteiger partial charge in [-0.15, -0.1) is 0 Å². The molecular weight excluding hydrogens is 288 g/mol. The maximum absolute atomic E-state index is 6.11. The molecule has 1 aliphatic heterocycles. The first-order valence-corrected chi connectivity index (χ1v) is 6.85. The predicted molar refractivity (Wildman–Crippen MR) is 73.3 cm³/mol. The van der Waals surface area contributed by atoms with Gasteiger partial charge >= 0.3 is 0 Å². The van der Waals surface area contributed by atoms with Gasteiger partial charge in [0.1, 0.15) is 0 Å². The van der Waals surface area contributed by atoms with E-state index in [-0.39, 0.29) is 0 Å². The number of hydrogen-bond donors (Lipinski definition) is 2. The van der Waals surface area contributed by atoms with Crippen LogP contribution < -0.4 is 10.6 Å². The molecule has 1 unspecified atom stereocenters. The van der Waals surface area contributed by atoms with E-state index in [1.54, 1.807) is 0 Å². The van der Waals surface area contributed by atoms with Gasteiger partial charge in [0.2, 0.25) is 0 Å². The third-order valence-corrected chi connectivity index (χ3v) is 3.70. The van der Waals surface area contributed by atoms with Crippen LogP contribution in [0.1, 0.15) is 19.3 Å². The highest BCUT2D eigenvalue weighted by atomic mass is 79.9. The van der Waals surface area contributed by atoms with E-state index >= 15 is 0 Å². The summed E-state index contributed by atoms with van der Waals surface area (Å²) in [7, 11) is 0. The van der Waals surface area contributed by atoms with Crippen molar-refractivity contribution in [2.75, 3.05) is 18.4 Å². The van der Waals surface area contributed by atoms with Gasteiger partial charge in [-0.2, -0.15) is 0 Å². The molecule has 0 radical (unpaired) electrons. The molecule has 16 heavy (non-hydrogen) atoms. The Labute approximate surface area is 110 Å². The molecular formula is C12H16BrClN2. The number of hydrogen-bond acceptors (Lipinski definition) is 2. The molecule has 1 aliphatic rings. The van der Waals surface area contributed by atoms with Crippen molar-refractivity contribution in [2.24, 2.45) is 0 Å². The first-order valence-electron chi connectivity index (χ1n) is 5.68. The summed E-state index contributed by atoms with van der Waals surface area (Å²) < 4.78 is 1.05. The van der Waals surface area contributed by atoms with E-state index in [0.29, 0.717) is 6.04 Å². The van der Waals surface area contributed by atoms with Crippen LogP contribution in [0.15, 0.2) is 22.7 Å². The van der Waals surface area contributed by atoms with Gasteiger partial charge < -0.3 is 10.6 Å². The zero-order chi connectivity index (χ0) is 11.4. The van der Waals surface area contributed by atoms with Gasteiger partial charge in [-0.05, 0) is 37.6 Å². The Kier molecular flexibility index (Phi) is 4.50. The largest absolute Gasteiger partial charge is 0.382 e. The molecule has 1 saturated heterocycles. The quantitative estimate of drug-likeness (QED) is 0.890. The van der Waals surface area contributed by atoms with Crippen LogP contribution in [0.25, 0.3) is 0 Å². The minimum absolute atomic E-state index is 0.573. The number of piperidine rings is 1. The van der Waals surface area contributed by atoms with Crippen molar-refractivity contribution in [3.05, 3.63) is 27.7 Å². The van der Waals surface area contributed by atoms with Crippen LogP contribution >= 0.6 is 27.5 Å². The molecule has 1 aromatic rings. The summed E-state index contributed by atoms with van der Waals surface area (Å²) in [6, 6.07) is 6.45. The number of anilines is 1. The fourth-order valence-corrected chi connectivity index (χ4v) is 2.51. The molecule has 2 rings (SSSR count). The lowest BCUT2D eigenvalue weighted by molar-refractivity contribution is 0.414. The number of halogens is 2. The monoisotopic (exact) mass is 302 g/mol. The van der Waals surface area contributed by atoms with Crippen molar-refractivity contribution in [2.45, 2.75) is 25.3 Å². The molecule has 2 N–H and O–H groups in total. The summed E-state index contributed by atoms with van der Waals surface area (Å²) in [4.78, 5) is 0. The van der Waals surface area contributed by atoms with Crippen LogP contribution in [0.3, 0.4) is 0 Å². The maximum atomic E-state index is 6.11. The molecule has 1 heterocycles. The van der Waals surface area contributed by atoms with Gasteiger partial charge in [-0.3, -0.25) is 0 Å². The predicted octanol–water partition coefficient (Wildman–Crippen LogP) is 3.66. The molecule has 1 aromatic carbocycles. The average molecular weight is 304 g/mol. The molecule has 0 aliphatic carbocycles. The normalized spacial score (nSPS) is 20.8. The molecule has 88 valence electrons. The van der Waals surface area contributed by atoms with Crippen molar-refractivity contribution >= 4 is 33.2 Å². The van der Waals surface area contributed by atoms with Gasteiger partial charge in [0.05, 0.1) is 10.7 Å². The minimum atomic E-state index is 0.573. The molecule has 0 aromatic heterocycles. The van der Waals surface area contributed by atoms with Gasteiger partial charge in [0.15, 0.2) is 0 Å². The highest BCUT2D eigenvalue weighted by molar-refractivity contribution is 9.10. The second-order valence-corrected chi connectivity index (χ2v) is 5.47. The molecule has 4 heteroatoms. The Bertz CT molecular complexity index is 351. The lowest BCUT2D eigenvalue weighted by Crippen LogP contribution is -2.39. The first kappa shape index (κ1) is 12.2. The number of nitrogens with one attached hydrogen (secondary N) is 2. The van der Waals surface area contributed by atoms with Crippen LogP contribution in [0.2, 0.25) is 5.02 Å². The van der Waals surface area contributed by atoms with Crippen LogP contribution in [0.4, 0.5) is 5.69 Å². The third-order valence-electron chi connectivity index (χ3n) is 2.88. The Hall–Kier alpha value is -0.250. The van der Waals surface area contributed by atoms with Crippen LogP contribution in [0.5, 0.6) is 0 Å². The smallest absolute Gasteiger partial charge is 0.0638 e. The number of rotatable bonds is 3. The van der Waals surface area contributed by atoms with Crippen molar-refractivity contribution < 1.29 is 0 Å². The highest BCUT2D eigenvalue weighted by Crippen LogP contribution is 2.25. The average Bonchev–Trinajstić information content (AvgIpc) is 2.32. The molecule has 2 nitrogen and oxygen atoms in total. The van der Waals surface area contributed by atoms with Crippen molar-refractivity contribution in [3.63, 3.8) is 0 Å². The van der Waals surface area contributed by atoms with Gasteiger partial charge in [0, 0.05) is 17.1 Å². The molecule has 1 fully saturated rings. The van der Waals surface area contributed by atoms with Crippen molar-refractivity contribution in [3.8, 4) is 0 Å². The van der Waals surface area contributed by atoms with Gasteiger partial charge in [-0.1, -0.05) is 34.0 Å². The SMILES string of the molecule is Clc1ccc(Br)cc1NCC1CCCCN1. The van der Waals surface area contributed by atoms with Crippen LogP contribution in [0, 0.1) is 0 Å². The zero-order valence-electron chi connectivity index (χ0n) is 9.10. The Morgan fingerprint density at radius 2 is 2.31 bits per heavy atom. The van der Waals surface area contributed by atoms with Gasteiger partial charge in [-0.25, -0.2) is 0 Å². The topological polar surface area (TPSA) is 24.1 Å². The Morgan fingerprint density at radius 3 is 3.06 bits per heavy atom. The minimum Gasteiger partial charge on any atom is -0.382 e. The fourth-order valence-electron chi connectivity index (χ4n) is 1.96. The number of benzene rings is 1. The fraction of sp³-hybridized carbons (Fsp3) is 0.500. The lowest BCUT2D eigenvalue weighted by Gasteiger charge is -2.24. The van der Waals surface area contributed by atoms with E-state index in [1.807, 2.05) is 18.2 Å². The summed E-state index contributed by atoms with van der Waals surface area (Å²) >= 11 is 9.56. The lowest BCUT2D eigenvalue weighted by atomic mass is 10.1. The summed E-state index contributed by atoms with van der Waals surface area (Å²) in [5.74, 6) is 0. The van der Waals surface area contributed by atoms with Crippen molar-refractivity contribution in [1.82, 2.24) is 5.32 Å². The first-order chi connectivity index (χ1) is 7.75. The Morgan fingerprint density at radius 1 is 1.44 bits per heavy atom. The Balaban J connectivity index is 1.90. The summed E-state index contributed by atoms with van der Waals surface area (Å²) in [5, 5.41) is 7.68. The molecule has 1 atom stereocenters. The summed E-state index contributed by atoms with van der Waals surface area (Å²) in [6.45, 7) is 2.08.